The minimum absolute atomic E-state index is 0.0791. The number of rotatable bonds is 6. The van der Waals surface area contributed by atoms with Gasteiger partial charge in [-0.3, -0.25) is 4.79 Å². The molecule has 1 saturated heterocycles. The molecule has 2 N–H and O–H groups in total. The maximum atomic E-state index is 12.0. The Kier molecular flexibility index (Phi) is 6.14. The number of anilines is 2. The Bertz CT molecular complexity index is 873. The SMILES string of the molecule is CCN1CCN(c2cc(C(=O)O)c3cc(NC(=O)CC(C)C)ccc3n2)CC1. The van der Waals surface area contributed by atoms with Crippen molar-refractivity contribution in [3.8, 4) is 0 Å². The van der Waals surface area contributed by atoms with Gasteiger partial charge in [0.05, 0.1) is 11.1 Å². The van der Waals surface area contributed by atoms with Crippen LogP contribution in [0.25, 0.3) is 10.9 Å². The molecule has 1 aromatic carbocycles. The zero-order valence-electron chi connectivity index (χ0n) is 16.7. The van der Waals surface area contributed by atoms with Crippen molar-refractivity contribution < 1.29 is 14.7 Å². The molecule has 7 nitrogen and oxygen atoms in total. The molecule has 0 bridgehead atoms. The quantitative estimate of drug-likeness (QED) is 0.796. The molecule has 1 aliphatic heterocycles. The predicted octanol–water partition coefficient (Wildman–Crippen LogP) is 3.06. The Hall–Kier alpha value is -2.67. The van der Waals surface area contributed by atoms with Crippen LogP contribution in [0.2, 0.25) is 0 Å². The van der Waals surface area contributed by atoms with E-state index in [9.17, 15) is 14.7 Å². The summed E-state index contributed by atoms with van der Waals surface area (Å²) in [7, 11) is 0. The molecule has 0 spiro atoms. The van der Waals surface area contributed by atoms with Crippen molar-refractivity contribution in [2.24, 2.45) is 5.92 Å². The molecule has 0 atom stereocenters. The molecule has 0 radical (unpaired) electrons. The van der Waals surface area contributed by atoms with E-state index in [1.54, 1.807) is 24.3 Å². The Morgan fingerprint density at radius 2 is 1.89 bits per heavy atom. The van der Waals surface area contributed by atoms with Gasteiger partial charge in [0, 0.05) is 43.7 Å². The van der Waals surface area contributed by atoms with Gasteiger partial charge in [0.2, 0.25) is 5.91 Å². The van der Waals surface area contributed by atoms with Crippen molar-refractivity contribution in [1.29, 1.82) is 0 Å². The van der Waals surface area contributed by atoms with Crippen molar-refractivity contribution in [2.75, 3.05) is 42.9 Å². The number of nitrogens with zero attached hydrogens (tertiary/aromatic N) is 3. The second kappa shape index (κ2) is 8.56. The summed E-state index contributed by atoms with van der Waals surface area (Å²) in [5.41, 5.74) is 1.42. The van der Waals surface area contributed by atoms with Gasteiger partial charge in [-0.25, -0.2) is 9.78 Å². The van der Waals surface area contributed by atoms with Gasteiger partial charge in [0.15, 0.2) is 0 Å². The second-order valence-electron chi connectivity index (χ2n) is 7.63. The maximum Gasteiger partial charge on any atom is 0.336 e. The molecule has 150 valence electrons. The lowest BCUT2D eigenvalue weighted by Crippen LogP contribution is -2.46. The molecule has 1 aromatic heterocycles. The van der Waals surface area contributed by atoms with Crippen LogP contribution in [0.15, 0.2) is 24.3 Å². The van der Waals surface area contributed by atoms with Crippen molar-refractivity contribution in [2.45, 2.75) is 27.2 Å². The molecule has 2 heterocycles. The fourth-order valence-electron chi connectivity index (χ4n) is 3.50. The summed E-state index contributed by atoms with van der Waals surface area (Å²) in [6.45, 7) is 10.7. The lowest BCUT2D eigenvalue weighted by atomic mass is 10.1. The third-order valence-electron chi connectivity index (χ3n) is 5.05. The highest BCUT2D eigenvalue weighted by Crippen LogP contribution is 2.27. The van der Waals surface area contributed by atoms with Crippen LogP contribution in [0.1, 0.15) is 37.6 Å². The number of benzene rings is 1. The summed E-state index contributed by atoms with van der Waals surface area (Å²) in [6.07, 6.45) is 0.421. The number of hydrogen-bond acceptors (Lipinski definition) is 5. The third kappa shape index (κ3) is 4.59. The van der Waals surface area contributed by atoms with E-state index in [4.69, 9.17) is 4.98 Å². The zero-order valence-corrected chi connectivity index (χ0v) is 16.7. The van der Waals surface area contributed by atoms with Crippen molar-refractivity contribution in [3.63, 3.8) is 0 Å². The van der Waals surface area contributed by atoms with Crippen LogP contribution < -0.4 is 10.2 Å². The number of carbonyl (C=O) groups is 2. The minimum Gasteiger partial charge on any atom is -0.478 e. The van der Waals surface area contributed by atoms with Gasteiger partial charge >= 0.3 is 5.97 Å². The van der Waals surface area contributed by atoms with Crippen molar-refractivity contribution in [3.05, 3.63) is 29.8 Å². The van der Waals surface area contributed by atoms with Crippen molar-refractivity contribution in [1.82, 2.24) is 9.88 Å². The summed E-state index contributed by atoms with van der Waals surface area (Å²) >= 11 is 0. The van der Waals surface area contributed by atoms with Gasteiger partial charge in [0.25, 0.3) is 0 Å². The molecule has 3 rings (SSSR count). The number of fused-ring (bicyclic) bond motifs is 1. The number of hydrogen-bond donors (Lipinski definition) is 2. The molecule has 2 aromatic rings. The lowest BCUT2D eigenvalue weighted by Gasteiger charge is -2.35. The largest absolute Gasteiger partial charge is 0.478 e. The van der Waals surface area contributed by atoms with Gasteiger partial charge < -0.3 is 20.2 Å². The van der Waals surface area contributed by atoms with Crippen LogP contribution in [0.5, 0.6) is 0 Å². The Labute approximate surface area is 165 Å². The molecule has 28 heavy (non-hydrogen) atoms. The fraction of sp³-hybridized carbons (Fsp3) is 0.476. The van der Waals surface area contributed by atoms with E-state index in [1.807, 2.05) is 13.8 Å². The van der Waals surface area contributed by atoms with E-state index in [2.05, 4.69) is 22.0 Å². The van der Waals surface area contributed by atoms with Crippen molar-refractivity contribution >= 4 is 34.3 Å². The average molecular weight is 384 g/mol. The van der Waals surface area contributed by atoms with Crippen LogP contribution in [0.3, 0.4) is 0 Å². The number of nitrogens with one attached hydrogen (secondary N) is 1. The topological polar surface area (TPSA) is 85.8 Å². The molecule has 1 aliphatic rings. The number of aromatic carboxylic acids is 1. The lowest BCUT2D eigenvalue weighted by molar-refractivity contribution is -0.116. The van der Waals surface area contributed by atoms with Gasteiger partial charge in [-0.15, -0.1) is 0 Å². The Morgan fingerprint density at radius 3 is 2.50 bits per heavy atom. The van der Waals surface area contributed by atoms with E-state index in [1.165, 1.54) is 0 Å². The molecular formula is C21H28N4O3. The van der Waals surface area contributed by atoms with E-state index >= 15 is 0 Å². The fourth-order valence-corrected chi connectivity index (χ4v) is 3.50. The Morgan fingerprint density at radius 1 is 1.18 bits per heavy atom. The standard InChI is InChI=1S/C21H28N4O3/c1-4-24-7-9-25(10-8-24)19-13-17(21(27)28)16-12-15(5-6-18(16)23-19)22-20(26)11-14(2)3/h5-6,12-14H,4,7-11H2,1-3H3,(H,22,26)(H,27,28). The number of amides is 1. The number of piperazine rings is 1. The van der Waals surface area contributed by atoms with Gasteiger partial charge in [0.1, 0.15) is 5.82 Å². The zero-order chi connectivity index (χ0) is 20.3. The van der Waals surface area contributed by atoms with Crippen LogP contribution in [0.4, 0.5) is 11.5 Å². The molecule has 0 unspecified atom stereocenters. The first-order valence-electron chi connectivity index (χ1n) is 9.82. The third-order valence-corrected chi connectivity index (χ3v) is 5.05. The first kappa shape index (κ1) is 20.1. The first-order chi connectivity index (χ1) is 13.4. The normalized spacial score (nSPS) is 15.2. The first-order valence-corrected chi connectivity index (χ1v) is 9.82. The summed E-state index contributed by atoms with van der Waals surface area (Å²) in [5.74, 6) is -0.124. The summed E-state index contributed by atoms with van der Waals surface area (Å²) in [4.78, 5) is 33.1. The number of aromatic nitrogens is 1. The second-order valence-corrected chi connectivity index (χ2v) is 7.63. The van der Waals surface area contributed by atoms with Gasteiger partial charge in [-0.05, 0) is 36.7 Å². The van der Waals surface area contributed by atoms with Gasteiger partial charge in [-0.2, -0.15) is 0 Å². The van der Waals surface area contributed by atoms with E-state index in [0.717, 1.165) is 32.7 Å². The van der Waals surface area contributed by atoms with Crippen LogP contribution in [-0.4, -0.2) is 59.6 Å². The average Bonchev–Trinajstić information content (AvgIpc) is 2.66. The number of pyridine rings is 1. The van der Waals surface area contributed by atoms with E-state index < -0.39 is 5.97 Å². The summed E-state index contributed by atoms with van der Waals surface area (Å²) in [6, 6.07) is 6.89. The van der Waals surface area contributed by atoms with Crippen LogP contribution >= 0.6 is 0 Å². The monoisotopic (exact) mass is 384 g/mol. The highest BCUT2D eigenvalue weighted by atomic mass is 16.4. The smallest absolute Gasteiger partial charge is 0.336 e. The molecular weight excluding hydrogens is 356 g/mol. The minimum atomic E-state index is -0.994. The summed E-state index contributed by atoms with van der Waals surface area (Å²) < 4.78 is 0. The van der Waals surface area contributed by atoms with Gasteiger partial charge in [-0.1, -0.05) is 20.8 Å². The molecule has 0 aliphatic carbocycles. The maximum absolute atomic E-state index is 12.0. The molecule has 7 heteroatoms. The van der Waals surface area contributed by atoms with E-state index in [-0.39, 0.29) is 17.4 Å². The number of likely N-dealkylation sites (N-methyl/N-ethyl adjacent to an activating group) is 1. The highest BCUT2D eigenvalue weighted by molar-refractivity contribution is 6.05. The molecule has 0 saturated carbocycles. The molecule has 1 fully saturated rings. The number of carboxylic acids is 1. The number of carboxylic acid groups (broad SMARTS) is 1. The van der Waals surface area contributed by atoms with Crippen LogP contribution in [-0.2, 0) is 4.79 Å². The van der Waals surface area contributed by atoms with E-state index in [0.29, 0.717) is 28.8 Å². The molecule has 1 amide bonds. The Balaban J connectivity index is 1.90. The highest BCUT2D eigenvalue weighted by Gasteiger charge is 2.20. The number of carbonyl (C=O) groups excluding carboxylic acids is 1. The van der Waals surface area contributed by atoms with Crippen LogP contribution in [0, 0.1) is 5.92 Å². The predicted molar refractivity (Wildman–Crippen MR) is 111 cm³/mol. The summed E-state index contributed by atoms with van der Waals surface area (Å²) in [5, 5.41) is 13.1.